The summed E-state index contributed by atoms with van der Waals surface area (Å²) in [5.74, 6) is -0.409. The van der Waals surface area contributed by atoms with Gasteiger partial charge in [-0.15, -0.1) is 0 Å². The van der Waals surface area contributed by atoms with Crippen LogP contribution in [0.15, 0.2) is 54.6 Å². The number of esters is 1. The van der Waals surface area contributed by atoms with Crippen LogP contribution in [0.25, 0.3) is 11.1 Å². The summed E-state index contributed by atoms with van der Waals surface area (Å²) in [5.41, 5.74) is 2.67. The molecule has 0 radical (unpaired) electrons. The van der Waals surface area contributed by atoms with E-state index in [0.717, 1.165) is 24.0 Å². The highest BCUT2D eigenvalue weighted by atomic mass is 16.5. The van der Waals surface area contributed by atoms with Crippen molar-refractivity contribution in [1.29, 1.82) is 0 Å². The van der Waals surface area contributed by atoms with E-state index in [-0.39, 0.29) is 37.2 Å². The first-order valence-electron chi connectivity index (χ1n) is 9.66. The van der Waals surface area contributed by atoms with Crippen LogP contribution in [-0.2, 0) is 14.3 Å². The zero-order valence-corrected chi connectivity index (χ0v) is 16.0. The van der Waals surface area contributed by atoms with Gasteiger partial charge in [-0.3, -0.25) is 14.4 Å². The van der Waals surface area contributed by atoms with Gasteiger partial charge in [0.25, 0.3) is 5.91 Å². The average molecular weight is 379 g/mol. The molecule has 28 heavy (non-hydrogen) atoms. The zero-order chi connectivity index (χ0) is 19.9. The van der Waals surface area contributed by atoms with Gasteiger partial charge >= 0.3 is 5.97 Å². The number of rotatable bonds is 9. The van der Waals surface area contributed by atoms with Gasteiger partial charge in [0.2, 0.25) is 0 Å². The van der Waals surface area contributed by atoms with Crippen LogP contribution < -0.4 is 5.32 Å². The number of carbonyl (C=O) groups excluding carboxylic acids is 3. The van der Waals surface area contributed by atoms with Gasteiger partial charge in [0.15, 0.2) is 12.4 Å². The fraction of sp³-hybridized carbons (Fsp3) is 0.348. The van der Waals surface area contributed by atoms with Crippen LogP contribution >= 0.6 is 0 Å². The van der Waals surface area contributed by atoms with Crippen LogP contribution in [-0.4, -0.2) is 30.3 Å². The number of hydrogen-bond acceptors (Lipinski definition) is 4. The molecule has 1 N–H and O–H groups in total. The van der Waals surface area contributed by atoms with E-state index in [0.29, 0.717) is 11.5 Å². The Morgan fingerprint density at radius 2 is 1.61 bits per heavy atom. The molecule has 5 nitrogen and oxygen atoms in total. The van der Waals surface area contributed by atoms with E-state index in [2.05, 4.69) is 5.32 Å². The highest BCUT2D eigenvalue weighted by Gasteiger charge is 2.28. The molecule has 1 amide bonds. The zero-order valence-electron chi connectivity index (χ0n) is 16.0. The molecule has 0 heterocycles. The second kappa shape index (κ2) is 9.31. The second-order valence-corrected chi connectivity index (χ2v) is 7.22. The summed E-state index contributed by atoms with van der Waals surface area (Å²) in [6.45, 7) is 1.66. The summed E-state index contributed by atoms with van der Waals surface area (Å²) in [6, 6.07) is 17.3. The molecule has 1 unspecified atom stereocenters. The maximum Gasteiger partial charge on any atom is 0.306 e. The Balaban J connectivity index is 1.40. The third-order valence-electron chi connectivity index (χ3n) is 4.95. The van der Waals surface area contributed by atoms with Crippen LogP contribution in [0, 0.1) is 5.92 Å². The quantitative estimate of drug-likeness (QED) is 0.532. The molecule has 5 heteroatoms. The Morgan fingerprint density at radius 3 is 2.25 bits per heavy atom. The molecule has 1 atom stereocenters. The molecule has 1 saturated carbocycles. The number of carbonyl (C=O) groups is 3. The van der Waals surface area contributed by atoms with Crippen molar-refractivity contribution in [3.05, 3.63) is 60.2 Å². The SMILES string of the molecule is CC(NC(=O)COC(=O)CCC(=O)c1ccc(-c2ccccc2)cc1)C1CC1. The molecule has 146 valence electrons. The van der Waals surface area contributed by atoms with Gasteiger partial charge in [0.05, 0.1) is 6.42 Å². The molecule has 1 fully saturated rings. The summed E-state index contributed by atoms with van der Waals surface area (Å²) >= 11 is 0. The number of Topliss-reactive ketones (excluding diaryl/α,β-unsaturated/α-hetero) is 1. The highest BCUT2D eigenvalue weighted by Crippen LogP contribution is 2.32. The molecular formula is C23H25NO4. The molecule has 2 aromatic rings. The monoisotopic (exact) mass is 379 g/mol. The minimum Gasteiger partial charge on any atom is -0.456 e. The van der Waals surface area contributed by atoms with E-state index in [1.54, 1.807) is 12.1 Å². The van der Waals surface area contributed by atoms with Crippen molar-refractivity contribution < 1.29 is 19.1 Å². The van der Waals surface area contributed by atoms with Crippen LogP contribution in [0.4, 0.5) is 0 Å². The largest absolute Gasteiger partial charge is 0.456 e. The van der Waals surface area contributed by atoms with E-state index < -0.39 is 5.97 Å². The lowest BCUT2D eigenvalue weighted by atomic mass is 10.0. The van der Waals surface area contributed by atoms with E-state index in [1.165, 1.54) is 0 Å². The van der Waals surface area contributed by atoms with Crippen molar-refractivity contribution >= 4 is 17.7 Å². The lowest BCUT2D eigenvalue weighted by Crippen LogP contribution is -2.37. The molecule has 2 aromatic carbocycles. The number of ketones is 1. The second-order valence-electron chi connectivity index (χ2n) is 7.22. The molecule has 3 rings (SSSR count). The maximum atomic E-state index is 12.3. The van der Waals surface area contributed by atoms with Gasteiger partial charge in [0, 0.05) is 18.0 Å². The number of nitrogens with one attached hydrogen (secondary N) is 1. The van der Waals surface area contributed by atoms with Crippen molar-refractivity contribution in [3.8, 4) is 11.1 Å². The molecular weight excluding hydrogens is 354 g/mol. The first-order valence-corrected chi connectivity index (χ1v) is 9.66. The normalized spacial score (nSPS) is 14.2. The molecule has 1 aliphatic rings. The minimum absolute atomic E-state index is 0.0370. The van der Waals surface area contributed by atoms with Crippen molar-refractivity contribution in [2.75, 3.05) is 6.61 Å². The van der Waals surface area contributed by atoms with Gasteiger partial charge in [0.1, 0.15) is 0 Å². The lowest BCUT2D eigenvalue weighted by Gasteiger charge is -2.12. The van der Waals surface area contributed by atoms with Crippen molar-refractivity contribution in [2.24, 2.45) is 5.92 Å². The molecule has 1 aliphatic carbocycles. The number of benzene rings is 2. The van der Waals surface area contributed by atoms with E-state index in [4.69, 9.17) is 4.74 Å². The fourth-order valence-electron chi connectivity index (χ4n) is 3.07. The number of amides is 1. The summed E-state index contributed by atoms with van der Waals surface area (Å²) in [5, 5.41) is 2.82. The van der Waals surface area contributed by atoms with Crippen LogP contribution in [0.1, 0.15) is 43.0 Å². The Hall–Kier alpha value is -2.95. The predicted molar refractivity (Wildman–Crippen MR) is 107 cm³/mol. The van der Waals surface area contributed by atoms with Crippen LogP contribution in [0.5, 0.6) is 0 Å². The lowest BCUT2D eigenvalue weighted by molar-refractivity contribution is -0.148. The molecule has 0 aliphatic heterocycles. The Morgan fingerprint density at radius 1 is 0.964 bits per heavy atom. The molecule has 0 spiro atoms. The number of hydrogen-bond donors (Lipinski definition) is 1. The standard InChI is InChI=1S/C23H25NO4/c1-16(17-7-8-17)24-22(26)15-28-23(27)14-13-21(25)20-11-9-19(10-12-20)18-5-3-2-4-6-18/h2-6,9-12,16-17H,7-8,13-15H2,1H3,(H,24,26). The average Bonchev–Trinajstić information content (AvgIpc) is 3.57. The molecule has 0 bridgehead atoms. The Labute approximate surface area is 165 Å². The van der Waals surface area contributed by atoms with Gasteiger partial charge in [-0.05, 0) is 36.8 Å². The summed E-state index contributed by atoms with van der Waals surface area (Å²) < 4.78 is 4.96. The predicted octanol–water partition coefficient (Wildman–Crippen LogP) is 3.77. The van der Waals surface area contributed by atoms with Crippen LogP contribution in [0.2, 0.25) is 0 Å². The topological polar surface area (TPSA) is 72.5 Å². The fourth-order valence-corrected chi connectivity index (χ4v) is 3.07. The van der Waals surface area contributed by atoms with E-state index >= 15 is 0 Å². The van der Waals surface area contributed by atoms with Crippen molar-refractivity contribution in [3.63, 3.8) is 0 Å². The minimum atomic E-state index is -0.538. The molecule has 0 aromatic heterocycles. The third kappa shape index (κ3) is 5.78. The van der Waals surface area contributed by atoms with Gasteiger partial charge in [-0.25, -0.2) is 0 Å². The summed E-state index contributed by atoms with van der Waals surface area (Å²) in [6.07, 6.45) is 2.29. The molecule has 0 saturated heterocycles. The smallest absolute Gasteiger partial charge is 0.306 e. The first-order chi connectivity index (χ1) is 13.5. The van der Waals surface area contributed by atoms with Crippen molar-refractivity contribution in [1.82, 2.24) is 5.32 Å². The first kappa shape index (κ1) is 19.8. The summed E-state index contributed by atoms with van der Waals surface area (Å²) in [7, 11) is 0. The van der Waals surface area contributed by atoms with E-state index in [9.17, 15) is 14.4 Å². The van der Waals surface area contributed by atoms with Crippen molar-refractivity contribution in [2.45, 2.75) is 38.6 Å². The van der Waals surface area contributed by atoms with Gasteiger partial charge in [-0.1, -0.05) is 54.6 Å². The number of ether oxygens (including phenoxy) is 1. The van der Waals surface area contributed by atoms with Crippen LogP contribution in [0.3, 0.4) is 0 Å². The maximum absolute atomic E-state index is 12.3. The van der Waals surface area contributed by atoms with Gasteiger partial charge < -0.3 is 10.1 Å². The third-order valence-corrected chi connectivity index (χ3v) is 4.95. The Kier molecular flexibility index (Phi) is 6.58. The Bertz CT molecular complexity index is 825. The van der Waals surface area contributed by atoms with E-state index in [1.807, 2.05) is 49.4 Å². The summed E-state index contributed by atoms with van der Waals surface area (Å²) in [4.78, 5) is 35.8. The van der Waals surface area contributed by atoms with Gasteiger partial charge in [-0.2, -0.15) is 0 Å². The highest BCUT2D eigenvalue weighted by molar-refractivity contribution is 5.98.